The molecule has 7 heteroatoms. The van der Waals surface area contributed by atoms with Gasteiger partial charge in [-0.15, -0.1) is 0 Å². The molecule has 2 heterocycles. The Labute approximate surface area is 189 Å². The molecule has 0 bridgehead atoms. The molecule has 178 valence electrons. The minimum absolute atomic E-state index is 0.0211. The van der Waals surface area contributed by atoms with Crippen molar-refractivity contribution in [2.24, 2.45) is 10.9 Å². The van der Waals surface area contributed by atoms with Gasteiger partial charge < -0.3 is 20.3 Å². The zero-order chi connectivity index (χ0) is 22.1. The summed E-state index contributed by atoms with van der Waals surface area (Å²) in [7, 11) is 2.24. The fourth-order valence-corrected chi connectivity index (χ4v) is 5.45. The summed E-state index contributed by atoms with van der Waals surface area (Å²) in [6.45, 7) is 11.0. The van der Waals surface area contributed by atoms with Gasteiger partial charge in [-0.3, -0.25) is 14.7 Å². The summed E-state index contributed by atoms with van der Waals surface area (Å²) in [6, 6.07) is 0.381. The van der Waals surface area contributed by atoms with Gasteiger partial charge in [-0.05, 0) is 98.4 Å². The second-order valence-corrected chi connectivity index (χ2v) is 9.72. The predicted octanol–water partition coefficient (Wildman–Crippen LogP) is 2.61. The third-order valence-corrected chi connectivity index (χ3v) is 7.51. The molecule has 0 aromatic carbocycles. The fraction of sp³-hybridized carbons (Fsp3) is 0.917. The second-order valence-electron chi connectivity index (χ2n) is 9.72. The largest absolute Gasteiger partial charge is 0.466 e. The van der Waals surface area contributed by atoms with E-state index < -0.39 is 0 Å². The van der Waals surface area contributed by atoms with Crippen LogP contribution in [-0.4, -0.2) is 86.2 Å². The molecule has 0 radical (unpaired) electrons. The van der Waals surface area contributed by atoms with E-state index in [1.807, 2.05) is 6.92 Å². The van der Waals surface area contributed by atoms with Crippen molar-refractivity contribution in [3.8, 4) is 0 Å². The molecule has 0 spiro atoms. The highest BCUT2D eigenvalue weighted by Gasteiger charge is 2.39. The van der Waals surface area contributed by atoms with Crippen molar-refractivity contribution in [1.29, 1.82) is 0 Å². The lowest BCUT2D eigenvalue weighted by Gasteiger charge is -2.49. The number of piperidine rings is 2. The summed E-state index contributed by atoms with van der Waals surface area (Å²) in [6.07, 6.45) is 10.2. The normalized spacial score (nSPS) is 28.2. The Kier molecular flexibility index (Phi) is 9.45. The first kappa shape index (κ1) is 24.3. The number of esters is 1. The van der Waals surface area contributed by atoms with Gasteiger partial charge in [0, 0.05) is 18.1 Å². The number of nitrogens with zero attached hydrogens (tertiary/aromatic N) is 3. The van der Waals surface area contributed by atoms with E-state index in [4.69, 9.17) is 9.73 Å². The molecule has 2 saturated heterocycles. The van der Waals surface area contributed by atoms with E-state index in [-0.39, 0.29) is 17.4 Å². The van der Waals surface area contributed by atoms with Crippen molar-refractivity contribution in [2.45, 2.75) is 83.2 Å². The molecule has 3 aliphatic rings. The van der Waals surface area contributed by atoms with E-state index in [9.17, 15) is 4.79 Å². The highest BCUT2D eigenvalue weighted by atomic mass is 16.5. The molecule has 0 amide bonds. The van der Waals surface area contributed by atoms with Gasteiger partial charge in [0.1, 0.15) is 0 Å². The van der Waals surface area contributed by atoms with Crippen LogP contribution in [0.15, 0.2) is 4.99 Å². The Hall–Kier alpha value is -1.34. The summed E-state index contributed by atoms with van der Waals surface area (Å²) in [5.74, 6) is 0.990. The van der Waals surface area contributed by atoms with Crippen LogP contribution in [0.4, 0.5) is 0 Å². The summed E-state index contributed by atoms with van der Waals surface area (Å²) in [4.78, 5) is 22.4. The molecule has 0 unspecified atom stereocenters. The maximum absolute atomic E-state index is 12.0. The van der Waals surface area contributed by atoms with Gasteiger partial charge in [0.15, 0.2) is 5.96 Å². The molecule has 2 N–H and O–H groups in total. The zero-order valence-corrected chi connectivity index (χ0v) is 20.1. The highest BCUT2D eigenvalue weighted by Crippen LogP contribution is 2.32. The van der Waals surface area contributed by atoms with E-state index in [2.05, 4.69) is 34.4 Å². The van der Waals surface area contributed by atoms with Gasteiger partial charge in [0.05, 0.1) is 19.1 Å². The number of hydrogen-bond donors (Lipinski definition) is 2. The minimum atomic E-state index is -0.0211. The summed E-state index contributed by atoms with van der Waals surface area (Å²) >= 11 is 0. The number of aliphatic imine (C=N–C) groups is 1. The number of ether oxygens (including phenoxy) is 1. The Balaban J connectivity index is 1.60. The number of hydrogen-bond acceptors (Lipinski definition) is 5. The van der Waals surface area contributed by atoms with E-state index in [0.29, 0.717) is 12.6 Å². The standard InChI is InChI=1S/C24H45N5O2/c1-4-25-23(27-21-11-9-20(10-12-21)22(30)31-5-2)26-19-24(13-17-28(3)18-14-24)29-15-7-6-8-16-29/h20-21H,4-19H2,1-3H3,(H2,25,26,27). The summed E-state index contributed by atoms with van der Waals surface area (Å²) < 4.78 is 5.21. The zero-order valence-electron chi connectivity index (χ0n) is 20.1. The number of nitrogens with one attached hydrogen (secondary N) is 2. The minimum Gasteiger partial charge on any atom is -0.466 e. The van der Waals surface area contributed by atoms with Gasteiger partial charge in [0.25, 0.3) is 0 Å². The Morgan fingerprint density at radius 3 is 2.32 bits per heavy atom. The van der Waals surface area contributed by atoms with Gasteiger partial charge in [-0.2, -0.15) is 0 Å². The maximum Gasteiger partial charge on any atom is 0.308 e. The summed E-state index contributed by atoms with van der Waals surface area (Å²) in [5, 5.41) is 7.15. The van der Waals surface area contributed by atoms with Crippen LogP contribution in [0.5, 0.6) is 0 Å². The van der Waals surface area contributed by atoms with Crippen LogP contribution < -0.4 is 10.6 Å². The van der Waals surface area contributed by atoms with Crippen molar-refractivity contribution < 1.29 is 9.53 Å². The Bertz CT molecular complexity index is 575. The second kappa shape index (κ2) is 12.0. The quantitative estimate of drug-likeness (QED) is 0.364. The van der Waals surface area contributed by atoms with Gasteiger partial charge in [-0.25, -0.2) is 0 Å². The lowest BCUT2D eigenvalue weighted by molar-refractivity contribution is -0.149. The van der Waals surface area contributed by atoms with E-state index in [1.165, 1.54) is 45.2 Å². The van der Waals surface area contributed by atoms with Crippen molar-refractivity contribution in [3.63, 3.8) is 0 Å². The van der Waals surface area contributed by atoms with Crippen LogP contribution >= 0.6 is 0 Å². The van der Waals surface area contributed by atoms with Crippen molar-refractivity contribution in [1.82, 2.24) is 20.4 Å². The molecule has 3 fully saturated rings. The topological polar surface area (TPSA) is 69.2 Å². The lowest BCUT2D eigenvalue weighted by atomic mass is 9.84. The SMILES string of the molecule is CCNC(=NCC1(N2CCCCC2)CCN(C)CC1)NC1CCC(C(=O)OCC)CC1. The Morgan fingerprint density at radius 2 is 1.71 bits per heavy atom. The third-order valence-electron chi connectivity index (χ3n) is 7.51. The van der Waals surface area contributed by atoms with Crippen molar-refractivity contribution >= 4 is 11.9 Å². The first-order valence-electron chi connectivity index (χ1n) is 12.7. The number of carbonyl (C=O) groups excluding carboxylic acids is 1. The molecular formula is C24H45N5O2. The first-order chi connectivity index (χ1) is 15.1. The molecule has 1 saturated carbocycles. The van der Waals surface area contributed by atoms with Crippen LogP contribution in [0.1, 0.15) is 71.6 Å². The third kappa shape index (κ3) is 6.82. The molecule has 0 aromatic heterocycles. The average molecular weight is 436 g/mol. The number of guanidine groups is 1. The monoisotopic (exact) mass is 435 g/mol. The molecule has 2 aliphatic heterocycles. The molecule has 1 aliphatic carbocycles. The molecule has 31 heavy (non-hydrogen) atoms. The van der Waals surface area contributed by atoms with Crippen molar-refractivity contribution in [2.75, 3.05) is 52.9 Å². The lowest BCUT2D eigenvalue weighted by Crippen LogP contribution is -2.58. The van der Waals surface area contributed by atoms with Gasteiger partial charge in [-0.1, -0.05) is 6.42 Å². The number of rotatable bonds is 7. The first-order valence-corrected chi connectivity index (χ1v) is 12.7. The highest BCUT2D eigenvalue weighted by molar-refractivity contribution is 5.80. The van der Waals surface area contributed by atoms with E-state index in [0.717, 1.165) is 57.8 Å². The molecule has 0 atom stereocenters. The summed E-state index contributed by atoms with van der Waals surface area (Å²) in [5.41, 5.74) is 0.205. The van der Waals surface area contributed by atoms with Crippen LogP contribution in [0.25, 0.3) is 0 Å². The van der Waals surface area contributed by atoms with Crippen LogP contribution in [-0.2, 0) is 9.53 Å². The predicted molar refractivity (Wildman–Crippen MR) is 126 cm³/mol. The molecule has 0 aromatic rings. The molecule has 3 rings (SSSR count). The molecule has 7 nitrogen and oxygen atoms in total. The van der Waals surface area contributed by atoms with E-state index in [1.54, 1.807) is 0 Å². The number of likely N-dealkylation sites (tertiary alicyclic amines) is 2. The fourth-order valence-electron chi connectivity index (χ4n) is 5.45. The Morgan fingerprint density at radius 1 is 1.03 bits per heavy atom. The number of carbonyl (C=O) groups is 1. The van der Waals surface area contributed by atoms with Crippen LogP contribution in [0, 0.1) is 5.92 Å². The van der Waals surface area contributed by atoms with Crippen molar-refractivity contribution in [3.05, 3.63) is 0 Å². The van der Waals surface area contributed by atoms with E-state index >= 15 is 0 Å². The average Bonchev–Trinajstić information content (AvgIpc) is 2.80. The molecular weight excluding hydrogens is 390 g/mol. The smallest absolute Gasteiger partial charge is 0.308 e. The van der Waals surface area contributed by atoms with Gasteiger partial charge >= 0.3 is 5.97 Å². The van der Waals surface area contributed by atoms with Crippen LogP contribution in [0.2, 0.25) is 0 Å². The maximum atomic E-state index is 12.0. The van der Waals surface area contributed by atoms with Gasteiger partial charge in [0.2, 0.25) is 0 Å². The van der Waals surface area contributed by atoms with Crippen LogP contribution in [0.3, 0.4) is 0 Å².